The van der Waals surface area contributed by atoms with Gasteiger partial charge in [0.25, 0.3) is 5.91 Å². The van der Waals surface area contributed by atoms with E-state index in [1.54, 1.807) is 4.90 Å². The van der Waals surface area contributed by atoms with Crippen molar-refractivity contribution >= 4 is 5.91 Å². The molecule has 0 aromatic heterocycles. The summed E-state index contributed by atoms with van der Waals surface area (Å²) in [7, 11) is 0. The minimum absolute atomic E-state index is 0.0395. The van der Waals surface area contributed by atoms with Crippen LogP contribution in [0.1, 0.15) is 42.5 Å². The lowest BCUT2D eigenvalue weighted by atomic mass is 9.71. The Labute approximate surface area is 123 Å². The number of carbonyl (C=O) groups is 1. The number of likely N-dealkylation sites (tertiary alicyclic amines) is 1. The molecule has 1 amide bonds. The molecule has 0 spiro atoms. The maximum absolute atomic E-state index is 12.5. The molecule has 1 aliphatic heterocycles. The molecular weight excluding hydrogens is 270 g/mol. The zero-order valence-corrected chi connectivity index (χ0v) is 12.0. The molecule has 5 nitrogen and oxygen atoms in total. The third kappa shape index (κ3) is 2.58. The smallest absolute Gasteiger partial charge is 0.257 e. The maximum atomic E-state index is 12.5. The van der Waals surface area contributed by atoms with Crippen molar-refractivity contribution in [3.63, 3.8) is 0 Å². The zero-order chi connectivity index (χ0) is 15.0. The van der Waals surface area contributed by atoms with Gasteiger partial charge in [0.2, 0.25) is 0 Å². The number of phenolic OH excluding ortho intramolecular Hbond substituents is 2. The fraction of sp³-hybridized carbons (Fsp3) is 0.562. The van der Waals surface area contributed by atoms with Gasteiger partial charge >= 0.3 is 0 Å². The fourth-order valence-electron chi connectivity index (χ4n) is 3.62. The Balaban J connectivity index is 1.79. The van der Waals surface area contributed by atoms with Gasteiger partial charge in [-0.2, -0.15) is 0 Å². The molecule has 0 radical (unpaired) electrons. The minimum atomic E-state index is -0.629. The van der Waals surface area contributed by atoms with E-state index in [-0.39, 0.29) is 28.9 Å². The van der Waals surface area contributed by atoms with Crippen LogP contribution in [-0.2, 0) is 0 Å². The Hall–Kier alpha value is -1.75. The monoisotopic (exact) mass is 291 g/mol. The average Bonchev–Trinajstić information content (AvgIpc) is 2.48. The number of nitrogens with zero attached hydrogens (tertiary/aromatic N) is 1. The number of carbonyl (C=O) groups excluding carboxylic acids is 1. The predicted octanol–water partition coefficient (Wildman–Crippen LogP) is 1.86. The van der Waals surface area contributed by atoms with Crippen molar-refractivity contribution in [1.82, 2.24) is 4.90 Å². The van der Waals surface area contributed by atoms with E-state index in [2.05, 4.69) is 0 Å². The molecular formula is C16H21NO4. The molecule has 1 aromatic rings. The largest absolute Gasteiger partial charge is 0.508 e. The highest BCUT2D eigenvalue weighted by Crippen LogP contribution is 2.40. The van der Waals surface area contributed by atoms with E-state index in [0.29, 0.717) is 19.5 Å². The van der Waals surface area contributed by atoms with E-state index >= 15 is 0 Å². The van der Waals surface area contributed by atoms with Crippen LogP contribution in [0.5, 0.6) is 11.5 Å². The summed E-state index contributed by atoms with van der Waals surface area (Å²) < 4.78 is 0. The second kappa shape index (κ2) is 5.22. The summed E-state index contributed by atoms with van der Waals surface area (Å²) in [6.45, 7) is 1.01. The highest BCUT2D eigenvalue weighted by Gasteiger charge is 2.44. The first-order valence-electron chi connectivity index (χ1n) is 7.53. The molecule has 1 saturated carbocycles. The van der Waals surface area contributed by atoms with E-state index in [0.717, 1.165) is 25.7 Å². The topological polar surface area (TPSA) is 81.0 Å². The number of benzene rings is 1. The van der Waals surface area contributed by atoms with Crippen LogP contribution in [0.3, 0.4) is 0 Å². The van der Waals surface area contributed by atoms with Gasteiger partial charge in [-0.05, 0) is 37.5 Å². The fourth-order valence-corrected chi connectivity index (χ4v) is 3.62. The van der Waals surface area contributed by atoms with Gasteiger partial charge in [-0.1, -0.05) is 12.8 Å². The summed E-state index contributed by atoms with van der Waals surface area (Å²) in [5.74, 6) is -0.330. The Morgan fingerprint density at radius 1 is 1.24 bits per heavy atom. The van der Waals surface area contributed by atoms with Crippen molar-refractivity contribution < 1.29 is 20.1 Å². The number of hydrogen-bond acceptors (Lipinski definition) is 4. The van der Waals surface area contributed by atoms with Gasteiger partial charge in [0.1, 0.15) is 11.5 Å². The molecule has 2 aliphatic rings. The van der Waals surface area contributed by atoms with Crippen molar-refractivity contribution in [3.8, 4) is 11.5 Å². The van der Waals surface area contributed by atoms with Crippen LogP contribution >= 0.6 is 0 Å². The second-order valence-corrected chi connectivity index (χ2v) is 6.25. The Morgan fingerprint density at radius 3 is 2.86 bits per heavy atom. The minimum Gasteiger partial charge on any atom is -0.508 e. The third-order valence-corrected chi connectivity index (χ3v) is 4.93. The van der Waals surface area contributed by atoms with Crippen LogP contribution in [-0.4, -0.2) is 44.8 Å². The number of aromatic hydroxyl groups is 2. The maximum Gasteiger partial charge on any atom is 0.257 e. The molecule has 1 saturated heterocycles. The molecule has 1 heterocycles. The number of fused-ring (bicyclic) bond motifs is 1. The highest BCUT2D eigenvalue weighted by atomic mass is 16.3. The zero-order valence-electron chi connectivity index (χ0n) is 12.0. The first kappa shape index (κ1) is 14.2. The van der Waals surface area contributed by atoms with E-state index in [1.165, 1.54) is 18.2 Å². The van der Waals surface area contributed by atoms with Gasteiger partial charge in [0, 0.05) is 19.0 Å². The second-order valence-electron chi connectivity index (χ2n) is 6.25. The van der Waals surface area contributed by atoms with Gasteiger partial charge in [-0.15, -0.1) is 0 Å². The van der Waals surface area contributed by atoms with Crippen molar-refractivity contribution in [2.45, 2.75) is 37.7 Å². The first-order chi connectivity index (χ1) is 9.99. The molecule has 0 bridgehead atoms. The van der Waals surface area contributed by atoms with Crippen LogP contribution < -0.4 is 0 Å². The quantitative estimate of drug-likeness (QED) is 0.690. The summed E-state index contributed by atoms with van der Waals surface area (Å²) in [5.41, 5.74) is -0.508. The Bertz CT molecular complexity index is 559. The SMILES string of the molecule is O=C(c1cc(O)ccc1O)N1CCC2(O)CCCCC2C1. The lowest BCUT2D eigenvalue weighted by Crippen LogP contribution is -2.54. The summed E-state index contributed by atoms with van der Waals surface area (Å²) in [6.07, 6.45) is 4.48. The van der Waals surface area contributed by atoms with Crippen LogP contribution in [0.15, 0.2) is 18.2 Å². The van der Waals surface area contributed by atoms with Gasteiger partial charge in [0.15, 0.2) is 0 Å². The molecule has 114 valence electrons. The molecule has 1 aliphatic carbocycles. The standard InChI is InChI=1S/C16H21NO4/c18-12-4-5-14(19)13(9-12)15(20)17-8-7-16(21)6-2-1-3-11(16)10-17/h4-5,9,11,18-19,21H,1-3,6-8,10H2. The molecule has 21 heavy (non-hydrogen) atoms. The molecule has 3 N–H and O–H groups in total. The van der Waals surface area contributed by atoms with Gasteiger partial charge < -0.3 is 20.2 Å². The number of hydrogen-bond donors (Lipinski definition) is 3. The number of amides is 1. The lowest BCUT2D eigenvalue weighted by Gasteiger charge is -2.47. The van der Waals surface area contributed by atoms with E-state index in [1.807, 2.05) is 0 Å². The molecule has 2 fully saturated rings. The molecule has 5 heteroatoms. The van der Waals surface area contributed by atoms with Crippen LogP contribution in [0.4, 0.5) is 0 Å². The average molecular weight is 291 g/mol. The van der Waals surface area contributed by atoms with Crippen molar-refractivity contribution in [2.24, 2.45) is 5.92 Å². The van der Waals surface area contributed by atoms with E-state index in [9.17, 15) is 20.1 Å². The van der Waals surface area contributed by atoms with E-state index in [4.69, 9.17) is 0 Å². The molecule has 2 unspecified atom stereocenters. The highest BCUT2D eigenvalue weighted by molar-refractivity contribution is 5.97. The summed E-state index contributed by atoms with van der Waals surface area (Å²) in [4.78, 5) is 14.2. The first-order valence-corrected chi connectivity index (χ1v) is 7.53. The normalized spacial score (nSPS) is 29.0. The third-order valence-electron chi connectivity index (χ3n) is 4.93. The number of phenols is 2. The predicted molar refractivity (Wildman–Crippen MR) is 77.2 cm³/mol. The van der Waals surface area contributed by atoms with Crippen LogP contribution in [0.25, 0.3) is 0 Å². The Morgan fingerprint density at radius 2 is 2.05 bits per heavy atom. The molecule has 3 rings (SSSR count). The lowest BCUT2D eigenvalue weighted by molar-refractivity contribution is -0.0886. The van der Waals surface area contributed by atoms with Crippen LogP contribution in [0.2, 0.25) is 0 Å². The summed E-state index contributed by atoms with van der Waals surface area (Å²) in [5, 5.41) is 29.9. The van der Waals surface area contributed by atoms with Crippen LogP contribution in [0, 0.1) is 5.92 Å². The van der Waals surface area contributed by atoms with Gasteiger partial charge in [-0.3, -0.25) is 4.79 Å². The van der Waals surface area contributed by atoms with Crippen molar-refractivity contribution in [2.75, 3.05) is 13.1 Å². The van der Waals surface area contributed by atoms with Crippen molar-refractivity contribution in [3.05, 3.63) is 23.8 Å². The summed E-state index contributed by atoms with van der Waals surface area (Å²) in [6, 6.07) is 3.96. The summed E-state index contributed by atoms with van der Waals surface area (Å²) >= 11 is 0. The number of rotatable bonds is 1. The Kier molecular flexibility index (Phi) is 3.53. The van der Waals surface area contributed by atoms with E-state index < -0.39 is 5.60 Å². The molecule has 2 atom stereocenters. The number of piperidine rings is 1. The van der Waals surface area contributed by atoms with Gasteiger partial charge in [0.05, 0.1) is 11.2 Å². The van der Waals surface area contributed by atoms with Gasteiger partial charge in [-0.25, -0.2) is 0 Å². The molecule has 1 aromatic carbocycles. The number of aliphatic hydroxyl groups is 1. The van der Waals surface area contributed by atoms with Crippen molar-refractivity contribution in [1.29, 1.82) is 0 Å².